The fourth-order valence-corrected chi connectivity index (χ4v) is 1.76. The predicted molar refractivity (Wildman–Crippen MR) is 80.6 cm³/mol. The van der Waals surface area contributed by atoms with Gasteiger partial charge < -0.3 is 10.1 Å². The van der Waals surface area contributed by atoms with E-state index in [0.717, 1.165) is 10.2 Å². The summed E-state index contributed by atoms with van der Waals surface area (Å²) in [7, 11) is 0. The van der Waals surface area contributed by atoms with Crippen LogP contribution in [0.1, 0.15) is 26.5 Å². The molecular weight excluding hydrogens is 320 g/mol. The fourth-order valence-electron chi connectivity index (χ4n) is 1.42. The normalized spacial score (nSPS) is 11.4. The predicted octanol–water partition coefficient (Wildman–Crippen LogP) is 3.31. The van der Waals surface area contributed by atoms with E-state index in [4.69, 9.17) is 4.74 Å². The van der Waals surface area contributed by atoms with Gasteiger partial charge in [0.15, 0.2) is 0 Å². The Bertz CT molecular complexity index is 566. The highest BCUT2D eigenvalue weighted by atomic mass is 79.9. The highest BCUT2D eigenvalue weighted by molar-refractivity contribution is 9.10. The van der Waals surface area contributed by atoms with Crippen molar-refractivity contribution in [2.75, 3.05) is 0 Å². The maximum absolute atomic E-state index is 5.57. The minimum Gasteiger partial charge on any atom is -0.436 e. The maximum Gasteiger partial charge on any atom is 0.238 e. The summed E-state index contributed by atoms with van der Waals surface area (Å²) < 4.78 is 6.43. The Morgan fingerprint density at radius 1 is 1.20 bits per heavy atom. The van der Waals surface area contributed by atoms with Crippen LogP contribution in [0.4, 0.5) is 0 Å². The van der Waals surface area contributed by atoms with Gasteiger partial charge in [-0.3, -0.25) is 4.98 Å². The smallest absolute Gasteiger partial charge is 0.238 e. The summed E-state index contributed by atoms with van der Waals surface area (Å²) in [6, 6.07) is 5.52. The summed E-state index contributed by atoms with van der Waals surface area (Å²) in [6.07, 6.45) is 3.32. The molecule has 20 heavy (non-hydrogen) atoms. The zero-order chi connectivity index (χ0) is 14.6. The van der Waals surface area contributed by atoms with Crippen LogP contribution in [0.2, 0.25) is 0 Å². The van der Waals surface area contributed by atoms with Crippen molar-refractivity contribution >= 4 is 15.9 Å². The molecule has 0 fully saturated rings. The molecule has 0 radical (unpaired) electrons. The Morgan fingerprint density at radius 2 is 2.00 bits per heavy atom. The van der Waals surface area contributed by atoms with Gasteiger partial charge in [-0.25, -0.2) is 0 Å². The molecule has 0 saturated carbocycles. The molecule has 0 aliphatic rings. The molecule has 106 valence electrons. The molecule has 0 saturated heterocycles. The largest absolute Gasteiger partial charge is 0.436 e. The van der Waals surface area contributed by atoms with Crippen LogP contribution in [-0.2, 0) is 6.54 Å². The molecule has 0 spiro atoms. The van der Waals surface area contributed by atoms with Crippen LogP contribution in [0.3, 0.4) is 0 Å². The van der Waals surface area contributed by atoms with Crippen LogP contribution in [0.15, 0.2) is 35.1 Å². The van der Waals surface area contributed by atoms with E-state index in [1.807, 2.05) is 12.1 Å². The number of rotatable bonds is 4. The minimum atomic E-state index is 0.0544. The van der Waals surface area contributed by atoms with E-state index in [0.29, 0.717) is 18.2 Å². The highest BCUT2D eigenvalue weighted by Crippen LogP contribution is 2.21. The standard InChI is InChI=1S/C14H17BrN4O/c1-14(2,3)17-8-11-4-5-13(19-18-11)20-12-6-10(15)7-16-9-12/h4-7,9,17H,8H2,1-3H3. The van der Waals surface area contributed by atoms with Crippen molar-refractivity contribution in [2.45, 2.75) is 32.9 Å². The summed E-state index contributed by atoms with van der Waals surface area (Å²) >= 11 is 3.34. The molecule has 0 unspecified atom stereocenters. The first-order valence-electron chi connectivity index (χ1n) is 6.28. The Morgan fingerprint density at radius 3 is 2.60 bits per heavy atom. The molecule has 0 aliphatic carbocycles. The zero-order valence-corrected chi connectivity index (χ0v) is 13.3. The molecule has 0 bridgehead atoms. The third-order valence-electron chi connectivity index (χ3n) is 2.40. The van der Waals surface area contributed by atoms with Crippen LogP contribution in [0.25, 0.3) is 0 Å². The van der Waals surface area contributed by atoms with Gasteiger partial charge in [0.25, 0.3) is 0 Å². The van der Waals surface area contributed by atoms with Gasteiger partial charge in [0.05, 0.1) is 11.9 Å². The number of halogens is 1. The number of nitrogens with one attached hydrogen (secondary N) is 1. The maximum atomic E-state index is 5.57. The summed E-state index contributed by atoms with van der Waals surface area (Å²) in [5.74, 6) is 1.07. The lowest BCUT2D eigenvalue weighted by Gasteiger charge is -2.19. The first-order valence-corrected chi connectivity index (χ1v) is 7.08. The lowest BCUT2D eigenvalue weighted by molar-refractivity contribution is 0.416. The number of pyridine rings is 1. The molecule has 0 aromatic carbocycles. The van der Waals surface area contributed by atoms with E-state index >= 15 is 0 Å². The van der Waals surface area contributed by atoms with Crippen molar-refractivity contribution in [1.82, 2.24) is 20.5 Å². The molecule has 1 N–H and O–H groups in total. The summed E-state index contributed by atoms with van der Waals surface area (Å²) in [5.41, 5.74) is 0.929. The van der Waals surface area contributed by atoms with Gasteiger partial charge in [-0.1, -0.05) is 0 Å². The molecule has 6 heteroatoms. The molecule has 0 atom stereocenters. The van der Waals surface area contributed by atoms with Crippen LogP contribution in [0.5, 0.6) is 11.6 Å². The number of aromatic nitrogens is 3. The average Bonchev–Trinajstić information content (AvgIpc) is 2.37. The minimum absolute atomic E-state index is 0.0544. The van der Waals surface area contributed by atoms with E-state index in [2.05, 4.69) is 57.2 Å². The van der Waals surface area contributed by atoms with Crippen molar-refractivity contribution in [3.05, 3.63) is 40.8 Å². The van der Waals surface area contributed by atoms with Crippen molar-refractivity contribution in [2.24, 2.45) is 0 Å². The molecule has 0 aliphatic heterocycles. The number of ether oxygens (including phenoxy) is 1. The third-order valence-corrected chi connectivity index (χ3v) is 2.83. The lowest BCUT2D eigenvalue weighted by atomic mass is 10.1. The average molecular weight is 337 g/mol. The third kappa shape index (κ3) is 4.86. The van der Waals surface area contributed by atoms with E-state index in [1.165, 1.54) is 0 Å². The zero-order valence-electron chi connectivity index (χ0n) is 11.7. The van der Waals surface area contributed by atoms with Crippen molar-refractivity contribution < 1.29 is 4.74 Å². The van der Waals surface area contributed by atoms with Crippen LogP contribution >= 0.6 is 15.9 Å². The Kier molecular flexibility index (Phi) is 4.67. The Balaban J connectivity index is 1.98. The Labute approximate surface area is 126 Å². The molecule has 2 aromatic rings. The molecular formula is C14H17BrN4O. The second-order valence-corrected chi connectivity index (χ2v) is 6.32. The van der Waals surface area contributed by atoms with Gasteiger partial charge in [0, 0.05) is 28.8 Å². The van der Waals surface area contributed by atoms with Gasteiger partial charge in [0.2, 0.25) is 5.88 Å². The van der Waals surface area contributed by atoms with Crippen molar-refractivity contribution in [1.29, 1.82) is 0 Å². The topological polar surface area (TPSA) is 59.9 Å². The highest BCUT2D eigenvalue weighted by Gasteiger charge is 2.09. The van der Waals surface area contributed by atoms with E-state index < -0.39 is 0 Å². The molecule has 2 heterocycles. The van der Waals surface area contributed by atoms with Crippen molar-refractivity contribution in [3.8, 4) is 11.6 Å². The lowest BCUT2D eigenvalue weighted by Crippen LogP contribution is -2.35. The van der Waals surface area contributed by atoms with E-state index in [9.17, 15) is 0 Å². The van der Waals surface area contributed by atoms with E-state index in [1.54, 1.807) is 18.5 Å². The monoisotopic (exact) mass is 336 g/mol. The number of hydrogen-bond donors (Lipinski definition) is 1. The van der Waals surface area contributed by atoms with Crippen LogP contribution in [0, 0.1) is 0 Å². The first-order chi connectivity index (χ1) is 9.42. The van der Waals surface area contributed by atoms with Crippen LogP contribution in [-0.4, -0.2) is 20.7 Å². The van der Waals surface area contributed by atoms with Crippen molar-refractivity contribution in [3.63, 3.8) is 0 Å². The van der Waals surface area contributed by atoms with Gasteiger partial charge in [-0.15, -0.1) is 5.10 Å². The summed E-state index contributed by atoms with van der Waals surface area (Å²) in [6.45, 7) is 7.00. The van der Waals surface area contributed by atoms with Crippen LogP contribution < -0.4 is 10.1 Å². The second-order valence-electron chi connectivity index (χ2n) is 5.41. The number of hydrogen-bond acceptors (Lipinski definition) is 5. The molecule has 5 nitrogen and oxygen atoms in total. The molecule has 2 aromatic heterocycles. The summed E-state index contributed by atoms with van der Waals surface area (Å²) in [4.78, 5) is 4.02. The van der Waals surface area contributed by atoms with Gasteiger partial charge in [0.1, 0.15) is 5.75 Å². The SMILES string of the molecule is CC(C)(C)NCc1ccc(Oc2cncc(Br)c2)nn1. The second kappa shape index (κ2) is 6.28. The molecule has 0 amide bonds. The quantitative estimate of drug-likeness (QED) is 0.927. The summed E-state index contributed by atoms with van der Waals surface area (Å²) in [5, 5.41) is 11.5. The van der Waals surface area contributed by atoms with Gasteiger partial charge in [-0.05, 0) is 48.8 Å². The Hall–Kier alpha value is -1.53. The number of nitrogens with zero attached hydrogens (tertiary/aromatic N) is 3. The van der Waals surface area contributed by atoms with Gasteiger partial charge >= 0.3 is 0 Å². The first kappa shape index (κ1) is 14.9. The van der Waals surface area contributed by atoms with E-state index in [-0.39, 0.29) is 5.54 Å². The van der Waals surface area contributed by atoms with Gasteiger partial charge in [-0.2, -0.15) is 5.10 Å². The molecule has 2 rings (SSSR count). The fraction of sp³-hybridized carbons (Fsp3) is 0.357.